The summed E-state index contributed by atoms with van der Waals surface area (Å²) in [6.07, 6.45) is 3.15. The van der Waals surface area contributed by atoms with Crippen molar-refractivity contribution in [2.24, 2.45) is 11.8 Å². The van der Waals surface area contributed by atoms with Crippen LogP contribution in [-0.2, 0) is 19.4 Å². The van der Waals surface area contributed by atoms with Crippen LogP contribution in [-0.4, -0.2) is 37.3 Å². The Hall–Kier alpha value is -1.54. The van der Waals surface area contributed by atoms with Gasteiger partial charge in [-0.1, -0.05) is 26.7 Å². The molecule has 0 saturated heterocycles. The van der Waals surface area contributed by atoms with E-state index in [1.54, 1.807) is 19.1 Å². The molecule has 1 aromatic rings. The number of sulfone groups is 1. The number of benzene rings is 1. The second-order valence-corrected chi connectivity index (χ2v) is 11.4. The fraction of sp³-hybridized carbons (Fsp3) is 0.600. The molecule has 154 valence electrons. The molecule has 1 aromatic carbocycles. The Balaban J connectivity index is 1.62. The van der Waals surface area contributed by atoms with Gasteiger partial charge in [0.2, 0.25) is 11.8 Å². The van der Waals surface area contributed by atoms with Gasteiger partial charge < -0.3 is 10.6 Å². The van der Waals surface area contributed by atoms with Gasteiger partial charge in [-0.25, -0.2) is 8.42 Å². The van der Waals surface area contributed by atoms with Crippen LogP contribution in [0.15, 0.2) is 28.0 Å². The molecule has 8 heteroatoms. The highest BCUT2D eigenvalue weighted by atomic mass is 32.2. The normalized spacial score (nSPS) is 27.6. The molecule has 3 rings (SSSR count). The molecule has 0 radical (unpaired) electrons. The van der Waals surface area contributed by atoms with Crippen LogP contribution in [0.25, 0.3) is 0 Å². The fourth-order valence-corrected chi connectivity index (χ4v) is 5.98. The SMILES string of the molecule is C[C@H]1[C@H](C)CCC[C@H]1NC(=O)CCS(=O)(=O)c1ccc2c(c1)NC(=O)[C@H](C)S2. The molecule has 4 atom stereocenters. The van der Waals surface area contributed by atoms with Gasteiger partial charge in [0.1, 0.15) is 0 Å². The third-order valence-corrected chi connectivity index (χ3v) is 8.78. The average molecular weight is 425 g/mol. The first-order valence-electron chi connectivity index (χ1n) is 9.81. The van der Waals surface area contributed by atoms with Gasteiger partial charge in [-0.2, -0.15) is 0 Å². The Morgan fingerprint density at radius 1 is 1.25 bits per heavy atom. The first kappa shape index (κ1) is 21.2. The van der Waals surface area contributed by atoms with Crippen LogP contribution in [0, 0.1) is 11.8 Å². The number of anilines is 1. The topological polar surface area (TPSA) is 92.3 Å². The van der Waals surface area contributed by atoms with Crippen LogP contribution in [0.4, 0.5) is 5.69 Å². The Morgan fingerprint density at radius 3 is 2.75 bits per heavy atom. The molecule has 28 heavy (non-hydrogen) atoms. The van der Waals surface area contributed by atoms with E-state index < -0.39 is 9.84 Å². The predicted molar refractivity (Wildman–Crippen MR) is 111 cm³/mol. The van der Waals surface area contributed by atoms with Gasteiger partial charge in [0.25, 0.3) is 0 Å². The summed E-state index contributed by atoms with van der Waals surface area (Å²) >= 11 is 1.41. The maximum absolute atomic E-state index is 12.7. The predicted octanol–water partition coefficient (Wildman–Crippen LogP) is 3.22. The molecule has 2 amide bonds. The van der Waals surface area contributed by atoms with Gasteiger partial charge in [-0.05, 0) is 43.4 Å². The number of thioether (sulfide) groups is 1. The summed E-state index contributed by atoms with van der Waals surface area (Å²) in [6.45, 7) is 6.15. The van der Waals surface area contributed by atoms with Gasteiger partial charge in [-0.15, -0.1) is 11.8 Å². The number of rotatable bonds is 5. The van der Waals surface area contributed by atoms with Crippen molar-refractivity contribution in [1.82, 2.24) is 5.32 Å². The maximum atomic E-state index is 12.7. The summed E-state index contributed by atoms with van der Waals surface area (Å²) < 4.78 is 25.4. The molecule has 2 N–H and O–H groups in total. The number of fused-ring (bicyclic) bond motifs is 1. The third kappa shape index (κ3) is 4.71. The van der Waals surface area contributed by atoms with Crippen LogP contribution in [0.2, 0.25) is 0 Å². The quantitative estimate of drug-likeness (QED) is 0.757. The minimum atomic E-state index is -3.61. The number of hydrogen-bond donors (Lipinski definition) is 2. The van der Waals surface area contributed by atoms with Crippen LogP contribution in [0.5, 0.6) is 0 Å². The van der Waals surface area contributed by atoms with E-state index in [0.29, 0.717) is 17.5 Å². The Labute approximate surface area is 171 Å². The molecular formula is C20H28N2O4S2. The molecule has 1 aliphatic heterocycles. The lowest BCUT2D eigenvalue weighted by Gasteiger charge is -2.34. The monoisotopic (exact) mass is 424 g/mol. The van der Waals surface area contributed by atoms with Gasteiger partial charge in [0, 0.05) is 17.4 Å². The van der Waals surface area contributed by atoms with E-state index in [9.17, 15) is 18.0 Å². The fourth-order valence-electron chi connectivity index (χ4n) is 3.79. The van der Waals surface area contributed by atoms with E-state index in [0.717, 1.165) is 17.7 Å². The van der Waals surface area contributed by atoms with E-state index in [-0.39, 0.29) is 40.2 Å². The lowest BCUT2D eigenvalue weighted by atomic mass is 9.78. The molecular weight excluding hydrogens is 396 g/mol. The molecule has 6 nitrogen and oxygen atoms in total. The van der Waals surface area contributed by atoms with Crippen LogP contribution < -0.4 is 10.6 Å². The molecule has 2 aliphatic rings. The molecule has 1 aliphatic carbocycles. The standard InChI is InChI=1S/C20H28N2O4S2/c1-12-5-4-6-16(13(12)2)21-19(23)9-10-28(25,26)15-7-8-18-17(11-15)22-20(24)14(3)27-18/h7-8,11-14,16H,4-6,9-10H2,1-3H3,(H,21,23)(H,22,24)/t12-,13+,14+,16-/m1/s1. The van der Waals surface area contributed by atoms with Crippen LogP contribution in [0.1, 0.15) is 46.5 Å². The lowest BCUT2D eigenvalue weighted by Crippen LogP contribution is -2.44. The van der Waals surface area contributed by atoms with Crippen LogP contribution >= 0.6 is 11.8 Å². The highest BCUT2D eigenvalue weighted by molar-refractivity contribution is 8.01. The van der Waals surface area contributed by atoms with E-state index in [1.165, 1.54) is 24.2 Å². The van der Waals surface area contributed by atoms with Crippen molar-refractivity contribution in [2.45, 2.75) is 67.5 Å². The average Bonchev–Trinajstić information content (AvgIpc) is 2.64. The second-order valence-electron chi connectivity index (χ2n) is 7.92. The lowest BCUT2D eigenvalue weighted by molar-refractivity contribution is -0.122. The zero-order valence-electron chi connectivity index (χ0n) is 16.5. The molecule has 0 spiro atoms. The first-order valence-corrected chi connectivity index (χ1v) is 12.3. The van der Waals surface area contributed by atoms with Crippen molar-refractivity contribution >= 4 is 39.1 Å². The molecule has 1 heterocycles. The zero-order chi connectivity index (χ0) is 20.5. The molecule has 0 unspecified atom stereocenters. The minimum absolute atomic E-state index is 0.0604. The van der Waals surface area contributed by atoms with Crippen molar-refractivity contribution < 1.29 is 18.0 Å². The molecule has 1 fully saturated rings. The van der Waals surface area contributed by atoms with Gasteiger partial charge in [0.05, 0.1) is 21.6 Å². The van der Waals surface area contributed by atoms with E-state index >= 15 is 0 Å². The zero-order valence-corrected chi connectivity index (χ0v) is 18.2. The maximum Gasteiger partial charge on any atom is 0.237 e. The summed E-state index contributed by atoms with van der Waals surface area (Å²) in [5.74, 6) is 0.367. The summed E-state index contributed by atoms with van der Waals surface area (Å²) in [4.78, 5) is 25.1. The summed E-state index contributed by atoms with van der Waals surface area (Å²) in [7, 11) is -3.61. The first-order chi connectivity index (χ1) is 13.2. The van der Waals surface area contributed by atoms with Crippen molar-refractivity contribution in [3.63, 3.8) is 0 Å². The third-order valence-electron chi connectivity index (χ3n) is 5.89. The van der Waals surface area contributed by atoms with Crippen LogP contribution in [0.3, 0.4) is 0 Å². The van der Waals surface area contributed by atoms with E-state index in [2.05, 4.69) is 24.5 Å². The van der Waals surface area contributed by atoms with Crippen molar-refractivity contribution in [3.05, 3.63) is 18.2 Å². The number of nitrogens with one attached hydrogen (secondary N) is 2. The summed E-state index contributed by atoms with van der Waals surface area (Å²) in [5, 5.41) is 5.56. The Kier molecular flexibility index (Phi) is 6.39. The smallest absolute Gasteiger partial charge is 0.237 e. The van der Waals surface area contributed by atoms with Gasteiger partial charge in [-0.3, -0.25) is 9.59 Å². The minimum Gasteiger partial charge on any atom is -0.353 e. The number of amides is 2. The molecule has 1 saturated carbocycles. The van der Waals surface area contributed by atoms with Crippen molar-refractivity contribution in [2.75, 3.05) is 11.1 Å². The largest absolute Gasteiger partial charge is 0.353 e. The molecule has 0 bridgehead atoms. The van der Waals surface area contributed by atoms with E-state index in [1.807, 2.05) is 0 Å². The Bertz CT molecular complexity index is 869. The summed E-state index contributed by atoms with van der Waals surface area (Å²) in [5.41, 5.74) is 0.517. The van der Waals surface area contributed by atoms with Gasteiger partial charge >= 0.3 is 0 Å². The highest BCUT2D eigenvalue weighted by Gasteiger charge is 2.29. The highest BCUT2D eigenvalue weighted by Crippen LogP contribution is 2.37. The van der Waals surface area contributed by atoms with Gasteiger partial charge in [0.15, 0.2) is 9.84 Å². The number of carbonyl (C=O) groups excluding carboxylic acids is 2. The molecule has 0 aromatic heterocycles. The number of carbonyl (C=O) groups is 2. The number of hydrogen-bond acceptors (Lipinski definition) is 5. The summed E-state index contributed by atoms with van der Waals surface area (Å²) in [6, 6.07) is 4.88. The van der Waals surface area contributed by atoms with Crippen molar-refractivity contribution in [1.29, 1.82) is 0 Å². The second kappa shape index (κ2) is 8.45. The van der Waals surface area contributed by atoms with Crippen molar-refractivity contribution in [3.8, 4) is 0 Å². The Morgan fingerprint density at radius 2 is 2.00 bits per heavy atom. The van der Waals surface area contributed by atoms with E-state index in [4.69, 9.17) is 0 Å².